The van der Waals surface area contributed by atoms with Crippen LogP contribution in [0.15, 0.2) is 0 Å². The van der Waals surface area contributed by atoms with Gasteiger partial charge in [-0.1, -0.05) is 0 Å². The Labute approximate surface area is 82.3 Å². The Morgan fingerprint density at radius 1 is 1.50 bits per heavy atom. The van der Waals surface area contributed by atoms with Gasteiger partial charge in [0, 0.05) is 19.5 Å². The molecule has 0 aromatic rings. The first-order valence-electron chi connectivity index (χ1n) is 4.36. The second kappa shape index (κ2) is 4.08. The summed E-state index contributed by atoms with van der Waals surface area (Å²) in [6, 6.07) is 0. The van der Waals surface area contributed by atoms with Gasteiger partial charge in [0.1, 0.15) is 0 Å². The number of nitrogens with one attached hydrogen (secondary N) is 1. The lowest BCUT2D eigenvalue weighted by atomic mass is 10.3. The lowest BCUT2D eigenvalue weighted by molar-refractivity contribution is 0.0128. The number of sulfonamides is 1. The molecule has 0 aliphatic carbocycles. The molecule has 0 radical (unpaired) electrons. The van der Waals surface area contributed by atoms with Crippen molar-refractivity contribution in [3.8, 4) is 0 Å². The SMILES string of the molecule is CNS(=O)(=O)CCN1CCC(F)(F)C1. The van der Waals surface area contributed by atoms with E-state index in [1.165, 1.54) is 11.9 Å². The largest absolute Gasteiger partial charge is 0.296 e. The smallest absolute Gasteiger partial charge is 0.261 e. The molecular formula is C7H14F2N2O2S. The van der Waals surface area contributed by atoms with Gasteiger partial charge in [-0.05, 0) is 7.05 Å². The van der Waals surface area contributed by atoms with Crippen LogP contribution < -0.4 is 4.72 Å². The lowest BCUT2D eigenvalue weighted by Crippen LogP contribution is -2.33. The van der Waals surface area contributed by atoms with Gasteiger partial charge in [0.05, 0.1) is 12.3 Å². The highest BCUT2D eigenvalue weighted by molar-refractivity contribution is 7.89. The van der Waals surface area contributed by atoms with Crippen LogP contribution in [0.2, 0.25) is 0 Å². The zero-order valence-electron chi connectivity index (χ0n) is 7.96. The van der Waals surface area contributed by atoms with Gasteiger partial charge in [0.15, 0.2) is 0 Å². The average Bonchev–Trinajstić information content (AvgIpc) is 2.43. The highest BCUT2D eigenvalue weighted by Gasteiger charge is 2.38. The molecule has 0 unspecified atom stereocenters. The summed E-state index contributed by atoms with van der Waals surface area (Å²) in [5, 5.41) is 0. The molecular weight excluding hydrogens is 214 g/mol. The van der Waals surface area contributed by atoms with Crippen molar-refractivity contribution >= 4 is 10.0 Å². The molecule has 7 heteroatoms. The predicted molar refractivity (Wildman–Crippen MR) is 48.9 cm³/mol. The molecule has 0 bridgehead atoms. The summed E-state index contributed by atoms with van der Waals surface area (Å²) in [6.07, 6.45) is -0.174. The molecule has 0 aromatic heterocycles. The highest BCUT2D eigenvalue weighted by atomic mass is 32.2. The van der Waals surface area contributed by atoms with Gasteiger partial charge in [-0.2, -0.15) is 0 Å². The zero-order valence-corrected chi connectivity index (χ0v) is 8.78. The molecule has 1 fully saturated rings. The second-order valence-corrected chi connectivity index (χ2v) is 5.45. The second-order valence-electron chi connectivity index (χ2n) is 3.41. The minimum Gasteiger partial charge on any atom is -0.296 e. The van der Waals surface area contributed by atoms with Crippen LogP contribution in [-0.2, 0) is 10.0 Å². The minimum atomic E-state index is -3.28. The Kier molecular flexibility index (Phi) is 3.44. The van der Waals surface area contributed by atoms with Crippen LogP contribution in [0.3, 0.4) is 0 Å². The van der Waals surface area contributed by atoms with Crippen LogP contribution in [0.5, 0.6) is 0 Å². The van der Waals surface area contributed by atoms with E-state index in [1.807, 2.05) is 0 Å². The van der Waals surface area contributed by atoms with Crippen LogP contribution in [0.4, 0.5) is 8.78 Å². The minimum absolute atomic E-state index is 0.125. The fourth-order valence-electron chi connectivity index (χ4n) is 1.35. The summed E-state index contributed by atoms with van der Waals surface area (Å²) in [4.78, 5) is 1.47. The molecule has 1 aliphatic heterocycles. The molecule has 4 nitrogen and oxygen atoms in total. The topological polar surface area (TPSA) is 49.4 Å². The zero-order chi connectivity index (χ0) is 10.8. The van der Waals surface area contributed by atoms with E-state index in [1.54, 1.807) is 0 Å². The first-order valence-corrected chi connectivity index (χ1v) is 6.01. The molecule has 1 aliphatic rings. The summed E-state index contributed by atoms with van der Waals surface area (Å²) in [7, 11) is -1.97. The van der Waals surface area contributed by atoms with Gasteiger partial charge in [0.2, 0.25) is 10.0 Å². The highest BCUT2D eigenvalue weighted by Crippen LogP contribution is 2.26. The van der Waals surface area contributed by atoms with Crippen LogP contribution >= 0.6 is 0 Å². The standard InChI is InChI=1S/C7H14F2N2O2S/c1-10-14(12,13)5-4-11-3-2-7(8,9)6-11/h10H,2-6H2,1H3. The van der Waals surface area contributed by atoms with Gasteiger partial charge in [-0.15, -0.1) is 0 Å². The van der Waals surface area contributed by atoms with Crippen molar-refractivity contribution in [3.63, 3.8) is 0 Å². The monoisotopic (exact) mass is 228 g/mol. The Bertz CT molecular complexity index is 292. The van der Waals surface area contributed by atoms with Crippen molar-refractivity contribution in [1.82, 2.24) is 9.62 Å². The average molecular weight is 228 g/mol. The van der Waals surface area contributed by atoms with Crippen LogP contribution in [0.25, 0.3) is 0 Å². The van der Waals surface area contributed by atoms with E-state index in [0.29, 0.717) is 0 Å². The van der Waals surface area contributed by atoms with Crippen molar-refractivity contribution in [2.75, 3.05) is 32.4 Å². The van der Waals surface area contributed by atoms with Crippen molar-refractivity contribution in [2.24, 2.45) is 0 Å². The van der Waals surface area contributed by atoms with E-state index in [9.17, 15) is 17.2 Å². The summed E-state index contributed by atoms with van der Waals surface area (Å²) in [6.45, 7) is 0.108. The Morgan fingerprint density at radius 2 is 2.14 bits per heavy atom. The molecule has 1 rings (SSSR count). The van der Waals surface area contributed by atoms with Crippen LogP contribution in [-0.4, -0.2) is 51.7 Å². The van der Waals surface area contributed by atoms with Crippen LogP contribution in [0, 0.1) is 0 Å². The third-order valence-corrected chi connectivity index (χ3v) is 3.58. The molecule has 0 amide bonds. The lowest BCUT2D eigenvalue weighted by Gasteiger charge is -2.14. The summed E-state index contributed by atoms with van der Waals surface area (Å²) in [5.74, 6) is -2.77. The number of rotatable bonds is 4. The maximum absolute atomic E-state index is 12.7. The normalized spacial score (nSPS) is 22.8. The van der Waals surface area contributed by atoms with Gasteiger partial charge in [-0.25, -0.2) is 21.9 Å². The number of alkyl halides is 2. The fourth-order valence-corrected chi connectivity index (χ4v) is 2.05. The van der Waals surface area contributed by atoms with E-state index in [0.717, 1.165) is 0 Å². The number of nitrogens with zero attached hydrogens (tertiary/aromatic N) is 1. The quantitative estimate of drug-likeness (QED) is 0.729. The molecule has 0 spiro atoms. The molecule has 0 aromatic carbocycles. The molecule has 84 valence electrons. The number of likely N-dealkylation sites (tertiary alicyclic amines) is 1. The first kappa shape index (κ1) is 11.8. The predicted octanol–water partition coefficient (Wildman–Crippen LogP) is -0.123. The van der Waals surface area contributed by atoms with Crippen LogP contribution in [0.1, 0.15) is 6.42 Å². The number of hydrogen-bond acceptors (Lipinski definition) is 3. The number of halogens is 2. The maximum atomic E-state index is 12.7. The number of hydrogen-bond donors (Lipinski definition) is 1. The summed E-state index contributed by atoms with van der Waals surface area (Å²) < 4.78 is 49.5. The Hall–Kier alpha value is -0.270. The van der Waals surface area contributed by atoms with E-state index < -0.39 is 15.9 Å². The van der Waals surface area contributed by atoms with E-state index in [-0.39, 0.29) is 31.8 Å². The summed E-state index contributed by atoms with van der Waals surface area (Å²) >= 11 is 0. The molecule has 0 saturated carbocycles. The van der Waals surface area contributed by atoms with Gasteiger partial charge < -0.3 is 0 Å². The molecule has 1 N–H and O–H groups in total. The third-order valence-electron chi connectivity index (χ3n) is 2.24. The van der Waals surface area contributed by atoms with Crippen molar-refractivity contribution in [1.29, 1.82) is 0 Å². The molecule has 1 heterocycles. The van der Waals surface area contributed by atoms with Gasteiger partial charge in [0.25, 0.3) is 5.92 Å². The third kappa shape index (κ3) is 3.47. The van der Waals surface area contributed by atoms with Crippen molar-refractivity contribution in [3.05, 3.63) is 0 Å². The maximum Gasteiger partial charge on any atom is 0.261 e. The Balaban J connectivity index is 2.35. The van der Waals surface area contributed by atoms with Gasteiger partial charge >= 0.3 is 0 Å². The fraction of sp³-hybridized carbons (Fsp3) is 1.00. The van der Waals surface area contributed by atoms with Gasteiger partial charge in [-0.3, -0.25) is 4.90 Å². The first-order chi connectivity index (χ1) is 6.35. The van der Waals surface area contributed by atoms with Crippen molar-refractivity contribution in [2.45, 2.75) is 12.3 Å². The summed E-state index contributed by atoms with van der Waals surface area (Å²) in [5.41, 5.74) is 0. The van der Waals surface area contributed by atoms with E-state index in [4.69, 9.17) is 0 Å². The van der Waals surface area contributed by atoms with E-state index in [2.05, 4.69) is 4.72 Å². The van der Waals surface area contributed by atoms with E-state index >= 15 is 0 Å². The molecule has 1 saturated heterocycles. The molecule has 14 heavy (non-hydrogen) atoms. The molecule has 0 atom stereocenters. The van der Waals surface area contributed by atoms with Crippen molar-refractivity contribution < 1.29 is 17.2 Å². The Morgan fingerprint density at radius 3 is 2.57 bits per heavy atom.